The molecule has 1 aliphatic rings. The van der Waals surface area contributed by atoms with Gasteiger partial charge in [-0.15, -0.1) is 6.58 Å². The minimum atomic E-state index is -0.139. The third-order valence-electron chi connectivity index (χ3n) is 3.07. The van der Waals surface area contributed by atoms with E-state index in [-0.39, 0.29) is 6.10 Å². The molecule has 1 nitrogen and oxygen atoms in total. The Kier molecular flexibility index (Phi) is 5.14. The predicted molar refractivity (Wildman–Crippen MR) is 56.6 cm³/mol. The number of hydrogen-bond donors (Lipinski definition) is 1. The molecule has 0 amide bonds. The Labute approximate surface area is 81.9 Å². The quantitative estimate of drug-likeness (QED) is 0.647. The zero-order valence-electron chi connectivity index (χ0n) is 8.54. The molecule has 1 fully saturated rings. The van der Waals surface area contributed by atoms with Crippen molar-refractivity contribution < 1.29 is 5.11 Å². The second-order valence-corrected chi connectivity index (χ2v) is 4.26. The maximum absolute atomic E-state index is 9.51. The van der Waals surface area contributed by atoms with Crippen LogP contribution < -0.4 is 0 Å². The van der Waals surface area contributed by atoms with Crippen LogP contribution in [-0.4, -0.2) is 11.2 Å². The molecule has 1 aliphatic carbocycles. The van der Waals surface area contributed by atoms with E-state index in [4.69, 9.17) is 0 Å². The first-order valence-corrected chi connectivity index (χ1v) is 5.62. The van der Waals surface area contributed by atoms with Crippen LogP contribution >= 0.6 is 0 Å². The highest BCUT2D eigenvalue weighted by Crippen LogP contribution is 2.27. The highest BCUT2D eigenvalue weighted by atomic mass is 16.3. The Morgan fingerprint density at radius 2 is 2.00 bits per heavy atom. The minimum absolute atomic E-state index is 0.139. The molecule has 1 heteroatoms. The summed E-state index contributed by atoms with van der Waals surface area (Å²) >= 11 is 0. The van der Waals surface area contributed by atoms with Crippen molar-refractivity contribution in [2.24, 2.45) is 5.92 Å². The van der Waals surface area contributed by atoms with Crippen LogP contribution in [0, 0.1) is 5.92 Å². The zero-order chi connectivity index (χ0) is 9.52. The Balaban J connectivity index is 2.06. The minimum Gasteiger partial charge on any atom is -0.393 e. The highest BCUT2D eigenvalue weighted by Gasteiger charge is 2.14. The van der Waals surface area contributed by atoms with Crippen molar-refractivity contribution in [1.29, 1.82) is 0 Å². The topological polar surface area (TPSA) is 20.2 Å². The lowest BCUT2D eigenvalue weighted by Crippen LogP contribution is -2.11. The number of aliphatic hydroxyl groups excluding tert-OH is 1. The average Bonchev–Trinajstić information content (AvgIpc) is 2.17. The lowest BCUT2D eigenvalue weighted by Gasteiger charge is -2.22. The second-order valence-electron chi connectivity index (χ2n) is 4.26. The third kappa shape index (κ3) is 4.47. The molecule has 0 radical (unpaired) electrons. The van der Waals surface area contributed by atoms with Crippen molar-refractivity contribution >= 4 is 0 Å². The molecule has 1 atom stereocenters. The van der Waals surface area contributed by atoms with Crippen molar-refractivity contribution in [2.75, 3.05) is 0 Å². The smallest absolute Gasteiger partial charge is 0.0574 e. The van der Waals surface area contributed by atoms with Crippen LogP contribution in [0.2, 0.25) is 0 Å². The van der Waals surface area contributed by atoms with Crippen LogP contribution in [0.3, 0.4) is 0 Å². The fourth-order valence-corrected chi connectivity index (χ4v) is 2.21. The van der Waals surface area contributed by atoms with E-state index in [1.54, 1.807) is 0 Å². The van der Waals surface area contributed by atoms with Crippen molar-refractivity contribution in [2.45, 2.75) is 57.5 Å². The Hall–Kier alpha value is -0.300. The van der Waals surface area contributed by atoms with Gasteiger partial charge in [0.05, 0.1) is 6.10 Å². The van der Waals surface area contributed by atoms with Crippen molar-refractivity contribution in [3.05, 3.63) is 12.7 Å². The van der Waals surface area contributed by atoms with Gasteiger partial charge in [0, 0.05) is 0 Å². The first kappa shape index (κ1) is 10.8. The molecule has 0 aromatic rings. The van der Waals surface area contributed by atoms with Gasteiger partial charge >= 0.3 is 0 Å². The van der Waals surface area contributed by atoms with Crippen LogP contribution in [0.15, 0.2) is 12.7 Å². The van der Waals surface area contributed by atoms with E-state index in [1.165, 1.54) is 38.5 Å². The van der Waals surface area contributed by atoms with Gasteiger partial charge in [-0.3, -0.25) is 0 Å². The average molecular weight is 182 g/mol. The highest BCUT2D eigenvalue weighted by molar-refractivity contribution is 4.74. The molecule has 0 aromatic carbocycles. The fourth-order valence-electron chi connectivity index (χ4n) is 2.21. The summed E-state index contributed by atoms with van der Waals surface area (Å²) in [4.78, 5) is 0. The number of rotatable bonds is 5. The largest absolute Gasteiger partial charge is 0.393 e. The molecule has 13 heavy (non-hydrogen) atoms. The Bertz CT molecular complexity index is 136. The summed E-state index contributed by atoms with van der Waals surface area (Å²) in [6, 6.07) is 0. The molecular formula is C12H22O. The van der Waals surface area contributed by atoms with Gasteiger partial charge in [-0.25, -0.2) is 0 Å². The lowest BCUT2D eigenvalue weighted by molar-refractivity contribution is 0.152. The summed E-state index contributed by atoms with van der Waals surface area (Å²) in [7, 11) is 0. The summed E-state index contributed by atoms with van der Waals surface area (Å²) in [5.41, 5.74) is 0. The molecule has 1 rings (SSSR count). The molecule has 1 saturated carbocycles. The van der Waals surface area contributed by atoms with Crippen molar-refractivity contribution in [3.8, 4) is 0 Å². The summed E-state index contributed by atoms with van der Waals surface area (Å²) in [6.07, 6.45) is 11.6. The normalized spacial score (nSPS) is 21.3. The molecular weight excluding hydrogens is 160 g/mol. The Morgan fingerprint density at radius 3 is 2.62 bits per heavy atom. The van der Waals surface area contributed by atoms with Crippen LogP contribution in [-0.2, 0) is 0 Å². The van der Waals surface area contributed by atoms with Gasteiger partial charge in [0.25, 0.3) is 0 Å². The zero-order valence-corrected chi connectivity index (χ0v) is 8.54. The second kappa shape index (κ2) is 6.20. The van der Waals surface area contributed by atoms with Crippen LogP contribution in [0.4, 0.5) is 0 Å². The van der Waals surface area contributed by atoms with E-state index < -0.39 is 0 Å². The SMILES string of the molecule is C=CCC(O)CCC1CCCCC1. The van der Waals surface area contributed by atoms with E-state index in [0.29, 0.717) is 0 Å². The van der Waals surface area contributed by atoms with Gasteiger partial charge in [0.1, 0.15) is 0 Å². The van der Waals surface area contributed by atoms with Crippen molar-refractivity contribution in [3.63, 3.8) is 0 Å². The molecule has 0 saturated heterocycles. The molecule has 76 valence electrons. The van der Waals surface area contributed by atoms with Crippen LogP contribution in [0.1, 0.15) is 51.4 Å². The summed E-state index contributed by atoms with van der Waals surface area (Å²) in [5, 5.41) is 9.51. The van der Waals surface area contributed by atoms with Gasteiger partial charge in [-0.05, 0) is 25.2 Å². The lowest BCUT2D eigenvalue weighted by atomic mass is 9.85. The summed E-state index contributed by atoms with van der Waals surface area (Å²) < 4.78 is 0. The molecule has 0 heterocycles. The maximum atomic E-state index is 9.51. The van der Waals surface area contributed by atoms with Gasteiger partial charge in [-0.1, -0.05) is 38.2 Å². The predicted octanol–water partition coefficient (Wildman–Crippen LogP) is 3.28. The molecule has 0 aliphatic heterocycles. The fraction of sp³-hybridized carbons (Fsp3) is 0.833. The van der Waals surface area contributed by atoms with Gasteiger partial charge in [0.15, 0.2) is 0 Å². The first-order chi connectivity index (χ1) is 6.33. The van der Waals surface area contributed by atoms with Gasteiger partial charge < -0.3 is 5.11 Å². The number of aliphatic hydroxyl groups is 1. The van der Waals surface area contributed by atoms with Gasteiger partial charge in [-0.2, -0.15) is 0 Å². The molecule has 0 spiro atoms. The van der Waals surface area contributed by atoms with E-state index in [0.717, 1.165) is 18.8 Å². The molecule has 0 bridgehead atoms. The summed E-state index contributed by atoms with van der Waals surface area (Å²) in [5.74, 6) is 0.896. The third-order valence-corrected chi connectivity index (χ3v) is 3.07. The van der Waals surface area contributed by atoms with E-state index in [2.05, 4.69) is 6.58 Å². The van der Waals surface area contributed by atoms with Gasteiger partial charge in [0.2, 0.25) is 0 Å². The summed E-state index contributed by atoms with van der Waals surface area (Å²) in [6.45, 7) is 3.64. The van der Waals surface area contributed by atoms with E-state index in [9.17, 15) is 5.11 Å². The maximum Gasteiger partial charge on any atom is 0.0574 e. The van der Waals surface area contributed by atoms with E-state index in [1.807, 2.05) is 6.08 Å². The monoisotopic (exact) mass is 182 g/mol. The van der Waals surface area contributed by atoms with E-state index >= 15 is 0 Å². The molecule has 1 unspecified atom stereocenters. The Morgan fingerprint density at radius 1 is 1.31 bits per heavy atom. The molecule has 1 N–H and O–H groups in total. The number of hydrogen-bond acceptors (Lipinski definition) is 1. The molecule has 0 aromatic heterocycles. The standard InChI is InChI=1S/C12H22O/c1-2-6-12(13)10-9-11-7-4-3-5-8-11/h2,11-13H,1,3-10H2. The van der Waals surface area contributed by atoms with Crippen molar-refractivity contribution in [1.82, 2.24) is 0 Å². The van der Waals surface area contributed by atoms with Crippen LogP contribution in [0.5, 0.6) is 0 Å². The first-order valence-electron chi connectivity index (χ1n) is 5.62. The van der Waals surface area contributed by atoms with Crippen LogP contribution in [0.25, 0.3) is 0 Å².